The predicted molar refractivity (Wildman–Crippen MR) is 78.0 cm³/mol. The molecule has 6 heteroatoms. The molecule has 0 radical (unpaired) electrons. The van der Waals surface area contributed by atoms with Gasteiger partial charge in [-0.15, -0.1) is 0 Å². The third kappa shape index (κ3) is 6.56. The molecule has 0 saturated carbocycles. The Labute approximate surface area is 123 Å². The number of hydrogen-bond donors (Lipinski definition) is 3. The first kappa shape index (κ1) is 16.7. The molecule has 4 N–H and O–H groups in total. The highest BCUT2D eigenvalue weighted by atomic mass is 16.4. The second kappa shape index (κ2) is 8.73. The van der Waals surface area contributed by atoms with Crippen LogP contribution in [-0.2, 0) is 4.79 Å². The van der Waals surface area contributed by atoms with Gasteiger partial charge in [0.05, 0.1) is 0 Å². The van der Waals surface area contributed by atoms with Gasteiger partial charge in [0.2, 0.25) is 5.91 Å². The van der Waals surface area contributed by atoms with Crippen molar-refractivity contribution in [1.82, 2.24) is 5.32 Å². The lowest BCUT2D eigenvalue weighted by Gasteiger charge is -2.06. The van der Waals surface area contributed by atoms with Crippen molar-refractivity contribution in [3.8, 4) is 0 Å². The lowest BCUT2D eigenvalue weighted by molar-refractivity contribution is -0.137. The number of amides is 2. The zero-order valence-corrected chi connectivity index (χ0v) is 11.8. The monoisotopic (exact) mass is 292 g/mol. The summed E-state index contributed by atoms with van der Waals surface area (Å²) in [5, 5.41) is 11.2. The van der Waals surface area contributed by atoms with Crippen LogP contribution in [0.3, 0.4) is 0 Å². The van der Waals surface area contributed by atoms with E-state index >= 15 is 0 Å². The van der Waals surface area contributed by atoms with Crippen LogP contribution in [0.15, 0.2) is 24.3 Å². The molecule has 0 bridgehead atoms. The summed E-state index contributed by atoms with van der Waals surface area (Å²) in [7, 11) is 0. The van der Waals surface area contributed by atoms with E-state index in [4.69, 9.17) is 10.8 Å². The molecule has 6 nitrogen and oxygen atoms in total. The van der Waals surface area contributed by atoms with E-state index < -0.39 is 11.9 Å². The molecule has 0 spiro atoms. The van der Waals surface area contributed by atoms with Crippen LogP contribution in [0.2, 0.25) is 0 Å². The third-order valence-corrected chi connectivity index (χ3v) is 3.01. The summed E-state index contributed by atoms with van der Waals surface area (Å²) in [6.45, 7) is 0.521. The van der Waals surface area contributed by atoms with Crippen LogP contribution in [0.1, 0.15) is 52.8 Å². The van der Waals surface area contributed by atoms with Gasteiger partial charge in [-0.25, -0.2) is 0 Å². The number of rotatable bonds is 9. The summed E-state index contributed by atoms with van der Waals surface area (Å²) in [5.74, 6) is -1.59. The maximum Gasteiger partial charge on any atom is 0.303 e. The molecule has 0 aliphatic carbocycles. The minimum Gasteiger partial charge on any atom is -0.481 e. The summed E-state index contributed by atoms with van der Waals surface area (Å²) >= 11 is 0. The van der Waals surface area contributed by atoms with Crippen molar-refractivity contribution in [3.05, 3.63) is 35.4 Å². The first-order valence-corrected chi connectivity index (χ1v) is 6.90. The largest absolute Gasteiger partial charge is 0.481 e. The van der Waals surface area contributed by atoms with Crippen molar-refractivity contribution in [2.75, 3.05) is 6.54 Å². The van der Waals surface area contributed by atoms with E-state index in [9.17, 15) is 14.4 Å². The summed E-state index contributed by atoms with van der Waals surface area (Å²) in [5.41, 5.74) is 5.86. The molecule has 21 heavy (non-hydrogen) atoms. The molecule has 1 aromatic carbocycles. The number of nitrogens with one attached hydrogen (secondary N) is 1. The molecule has 114 valence electrons. The fourth-order valence-corrected chi connectivity index (χ4v) is 1.87. The second-order valence-corrected chi connectivity index (χ2v) is 4.76. The van der Waals surface area contributed by atoms with Gasteiger partial charge in [-0.2, -0.15) is 0 Å². The number of nitrogens with two attached hydrogens (primary N) is 1. The third-order valence-electron chi connectivity index (χ3n) is 3.01. The van der Waals surface area contributed by atoms with Crippen molar-refractivity contribution >= 4 is 17.8 Å². The molecule has 0 atom stereocenters. The summed E-state index contributed by atoms with van der Waals surface area (Å²) in [6.07, 6.45) is 3.34. The highest BCUT2D eigenvalue weighted by Gasteiger charge is 2.07. The molecule has 0 unspecified atom stereocenters. The highest BCUT2D eigenvalue weighted by Crippen LogP contribution is 2.05. The van der Waals surface area contributed by atoms with Crippen molar-refractivity contribution in [1.29, 1.82) is 0 Å². The predicted octanol–water partition coefficient (Wildman–Crippen LogP) is 1.55. The Bertz CT molecular complexity index is 514. The average molecular weight is 292 g/mol. The number of hydrogen-bond acceptors (Lipinski definition) is 3. The van der Waals surface area contributed by atoms with Crippen molar-refractivity contribution in [3.63, 3.8) is 0 Å². The van der Waals surface area contributed by atoms with Crippen LogP contribution in [0.4, 0.5) is 0 Å². The van der Waals surface area contributed by atoms with E-state index in [1.165, 1.54) is 6.07 Å². The summed E-state index contributed by atoms with van der Waals surface area (Å²) in [6, 6.07) is 6.25. The van der Waals surface area contributed by atoms with Crippen molar-refractivity contribution < 1.29 is 19.5 Å². The Kier molecular flexibility index (Phi) is 6.94. The molecule has 0 aliphatic rings. The number of carboxylic acid groups (broad SMARTS) is 1. The van der Waals surface area contributed by atoms with Gasteiger partial charge in [-0.05, 0) is 31.0 Å². The van der Waals surface area contributed by atoms with E-state index in [-0.39, 0.29) is 12.3 Å². The first-order valence-electron chi connectivity index (χ1n) is 6.90. The Morgan fingerprint density at radius 3 is 2.38 bits per heavy atom. The zero-order chi connectivity index (χ0) is 15.7. The molecule has 0 heterocycles. The molecule has 0 aromatic heterocycles. The Hall–Kier alpha value is -2.37. The SMILES string of the molecule is NC(=O)c1cccc(C(=O)NCCCCCCC(=O)O)c1. The molecular formula is C15H20N2O4. The summed E-state index contributed by atoms with van der Waals surface area (Å²) in [4.78, 5) is 33.2. The number of carbonyl (C=O) groups is 3. The van der Waals surface area contributed by atoms with Crippen LogP contribution < -0.4 is 11.1 Å². The van der Waals surface area contributed by atoms with Gasteiger partial charge in [0.1, 0.15) is 0 Å². The molecule has 1 aromatic rings. The number of carbonyl (C=O) groups excluding carboxylic acids is 2. The van der Waals surface area contributed by atoms with Gasteiger partial charge in [-0.3, -0.25) is 14.4 Å². The molecular weight excluding hydrogens is 272 g/mol. The van der Waals surface area contributed by atoms with Crippen LogP contribution in [0.25, 0.3) is 0 Å². The lowest BCUT2D eigenvalue weighted by Crippen LogP contribution is -2.25. The van der Waals surface area contributed by atoms with E-state index in [1.54, 1.807) is 18.2 Å². The molecule has 0 fully saturated rings. The quantitative estimate of drug-likeness (QED) is 0.600. The Balaban J connectivity index is 2.26. The van der Waals surface area contributed by atoms with Crippen LogP contribution in [0, 0.1) is 0 Å². The first-order chi connectivity index (χ1) is 10.0. The fraction of sp³-hybridized carbons (Fsp3) is 0.400. The molecule has 2 amide bonds. The van der Waals surface area contributed by atoms with Crippen molar-refractivity contribution in [2.24, 2.45) is 5.73 Å². The summed E-state index contributed by atoms with van der Waals surface area (Å²) < 4.78 is 0. The molecule has 0 aliphatic heterocycles. The van der Waals surface area contributed by atoms with Gasteiger partial charge < -0.3 is 16.2 Å². The Morgan fingerprint density at radius 1 is 1.05 bits per heavy atom. The van der Waals surface area contributed by atoms with E-state index in [0.29, 0.717) is 24.1 Å². The number of aliphatic carboxylic acids is 1. The zero-order valence-electron chi connectivity index (χ0n) is 11.8. The van der Waals surface area contributed by atoms with E-state index in [2.05, 4.69) is 5.32 Å². The number of benzene rings is 1. The number of unbranched alkanes of at least 4 members (excludes halogenated alkanes) is 3. The minimum absolute atomic E-state index is 0.187. The highest BCUT2D eigenvalue weighted by molar-refractivity contribution is 5.99. The number of primary amides is 1. The van der Waals surface area contributed by atoms with Gasteiger partial charge in [0.15, 0.2) is 0 Å². The smallest absolute Gasteiger partial charge is 0.303 e. The Morgan fingerprint density at radius 2 is 1.71 bits per heavy atom. The topological polar surface area (TPSA) is 109 Å². The minimum atomic E-state index is -0.780. The molecule has 0 saturated heterocycles. The lowest BCUT2D eigenvalue weighted by atomic mass is 10.1. The van der Waals surface area contributed by atoms with Crippen LogP contribution in [0.5, 0.6) is 0 Å². The van der Waals surface area contributed by atoms with Gasteiger partial charge in [-0.1, -0.05) is 18.9 Å². The number of carboxylic acids is 1. The van der Waals surface area contributed by atoms with Crippen molar-refractivity contribution in [2.45, 2.75) is 32.1 Å². The molecule has 1 rings (SSSR count). The standard InChI is InChI=1S/C15H20N2O4/c16-14(20)11-6-5-7-12(10-11)15(21)17-9-4-2-1-3-8-13(18)19/h5-7,10H,1-4,8-9H2,(H2,16,20)(H,17,21)(H,18,19). The van der Waals surface area contributed by atoms with E-state index in [1.807, 2.05) is 0 Å². The van der Waals surface area contributed by atoms with Crippen LogP contribution >= 0.6 is 0 Å². The van der Waals surface area contributed by atoms with Gasteiger partial charge in [0.25, 0.3) is 5.91 Å². The maximum atomic E-state index is 11.9. The van der Waals surface area contributed by atoms with E-state index in [0.717, 1.165) is 19.3 Å². The second-order valence-electron chi connectivity index (χ2n) is 4.76. The maximum absolute atomic E-state index is 11.9. The van der Waals surface area contributed by atoms with Crippen LogP contribution in [-0.4, -0.2) is 29.4 Å². The van der Waals surface area contributed by atoms with Gasteiger partial charge >= 0.3 is 5.97 Å². The average Bonchev–Trinajstić information content (AvgIpc) is 2.45. The fourth-order valence-electron chi connectivity index (χ4n) is 1.87. The normalized spacial score (nSPS) is 10.1. The van der Waals surface area contributed by atoms with Gasteiger partial charge in [0, 0.05) is 24.1 Å².